The summed E-state index contributed by atoms with van der Waals surface area (Å²) in [5, 5.41) is 0.596. The van der Waals surface area contributed by atoms with E-state index >= 15 is 0 Å². The molecule has 3 aromatic rings. The van der Waals surface area contributed by atoms with Crippen molar-refractivity contribution < 1.29 is 18.2 Å². The molecule has 0 spiro atoms. The van der Waals surface area contributed by atoms with Crippen LogP contribution < -0.4 is 9.64 Å². The maximum absolute atomic E-state index is 12.8. The standard InChI is InChI=1S/C23H23ClN2O4S/c1-29-19-6-4-18(5-7-19)25-12-14-26(15-13-25)23(27)22-11-8-20(30-22)16-31(28)21-9-2-17(24)3-10-21/h2-11H,12-16H2,1H3/t31-/m1/s1. The van der Waals surface area contributed by atoms with Gasteiger partial charge in [-0.1, -0.05) is 11.6 Å². The molecule has 0 radical (unpaired) electrons. The summed E-state index contributed by atoms with van der Waals surface area (Å²) in [5.41, 5.74) is 1.11. The molecule has 8 heteroatoms. The lowest BCUT2D eigenvalue weighted by Crippen LogP contribution is -2.48. The zero-order valence-corrected chi connectivity index (χ0v) is 18.7. The van der Waals surface area contributed by atoms with Gasteiger partial charge in [0.15, 0.2) is 5.76 Å². The van der Waals surface area contributed by atoms with E-state index in [9.17, 15) is 9.00 Å². The Morgan fingerprint density at radius 3 is 2.32 bits per heavy atom. The van der Waals surface area contributed by atoms with E-state index in [0.29, 0.717) is 28.8 Å². The van der Waals surface area contributed by atoms with Crippen LogP contribution in [-0.2, 0) is 16.6 Å². The molecule has 0 unspecified atom stereocenters. The number of amides is 1. The Balaban J connectivity index is 1.33. The molecule has 1 aromatic heterocycles. The van der Waals surface area contributed by atoms with E-state index < -0.39 is 10.8 Å². The third-order valence-electron chi connectivity index (χ3n) is 5.23. The first-order valence-electron chi connectivity index (χ1n) is 9.94. The predicted molar refractivity (Wildman–Crippen MR) is 121 cm³/mol. The van der Waals surface area contributed by atoms with Crippen LogP contribution in [0, 0.1) is 0 Å². The number of hydrogen-bond donors (Lipinski definition) is 0. The topological polar surface area (TPSA) is 63.0 Å². The monoisotopic (exact) mass is 458 g/mol. The van der Waals surface area contributed by atoms with Crippen molar-refractivity contribution in [1.29, 1.82) is 0 Å². The molecule has 4 rings (SSSR count). The minimum Gasteiger partial charge on any atom is -0.497 e. The van der Waals surface area contributed by atoms with Gasteiger partial charge in [-0.05, 0) is 60.7 Å². The van der Waals surface area contributed by atoms with Gasteiger partial charge in [0.05, 0.1) is 23.7 Å². The zero-order valence-electron chi connectivity index (χ0n) is 17.1. The van der Waals surface area contributed by atoms with Crippen molar-refractivity contribution in [3.63, 3.8) is 0 Å². The van der Waals surface area contributed by atoms with E-state index in [0.717, 1.165) is 24.5 Å². The van der Waals surface area contributed by atoms with Crippen LogP contribution in [0.25, 0.3) is 0 Å². The zero-order chi connectivity index (χ0) is 21.8. The molecule has 1 atom stereocenters. The number of methoxy groups -OCH3 is 1. The largest absolute Gasteiger partial charge is 0.497 e. The van der Waals surface area contributed by atoms with Gasteiger partial charge in [0.1, 0.15) is 11.5 Å². The van der Waals surface area contributed by atoms with Crippen LogP contribution in [0.4, 0.5) is 5.69 Å². The van der Waals surface area contributed by atoms with Gasteiger partial charge in [-0.3, -0.25) is 9.00 Å². The SMILES string of the molecule is COc1ccc(N2CCN(C(=O)c3ccc(C[S@@](=O)c4ccc(Cl)cc4)o3)CC2)cc1. The Labute approximate surface area is 188 Å². The summed E-state index contributed by atoms with van der Waals surface area (Å²) in [6, 6.07) is 18.2. The van der Waals surface area contributed by atoms with E-state index in [1.807, 2.05) is 24.3 Å². The Morgan fingerprint density at radius 1 is 1.00 bits per heavy atom. The maximum Gasteiger partial charge on any atom is 0.289 e. The number of halogens is 1. The molecule has 1 amide bonds. The molecule has 0 saturated carbocycles. The molecule has 1 aliphatic heterocycles. The molecule has 0 N–H and O–H groups in total. The highest BCUT2D eigenvalue weighted by Crippen LogP contribution is 2.22. The molecular weight excluding hydrogens is 436 g/mol. The molecular formula is C23H23ClN2O4S. The highest BCUT2D eigenvalue weighted by atomic mass is 35.5. The number of rotatable bonds is 6. The number of ether oxygens (including phenoxy) is 1. The molecule has 2 aromatic carbocycles. The quantitative estimate of drug-likeness (QED) is 0.553. The first-order valence-corrected chi connectivity index (χ1v) is 11.6. The van der Waals surface area contributed by atoms with Gasteiger partial charge in [0.25, 0.3) is 5.91 Å². The highest BCUT2D eigenvalue weighted by Gasteiger charge is 2.24. The van der Waals surface area contributed by atoms with E-state index in [-0.39, 0.29) is 17.4 Å². The number of anilines is 1. The molecule has 162 valence electrons. The normalized spacial score (nSPS) is 15.0. The first-order chi connectivity index (χ1) is 15.0. The second kappa shape index (κ2) is 9.58. The van der Waals surface area contributed by atoms with Gasteiger partial charge in [-0.15, -0.1) is 0 Å². The molecule has 1 aliphatic rings. The van der Waals surface area contributed by atoms with Crippen LogP contribution in [-0.4, -0.2) is 48.3 Å². The Hall–Kier alpha value is -2.77. The van der Waals surface area contributed by atoms with Crippen LogP contribution in [0.5, 0.6) is 5.75 Å². The van der Waals surface area contributed by atoms with Crippen molar-refractivity contribution in [2.24, 2.45) is 0 Å². The summed E-state index contributed by atoms with van der Waals surface area (Å²) in [6.07, 6.45) is 0. The molecule has 31 heavy (non-hydrogen) atoms. The van der Waals surface area contributed by atoms with Gasteiger partial charge in [0.2, 0.25) is 0 Å². The predicted octanol–water partition coefficient (Wildman–Crippen LogP) is 4.21. The van der Waals surface area contributed by atoms with Crippen LogP contribution in [0.2, 0.25) is 5.02 Å². The fourth-order valence-electron chi connectivity index (χ4n) is 3.49. The lowest BCUT2D eigenvalue weighted by atomic mass is 10.2. The fraction of sp³-hybridized carbons (Fsp3) is 0.261. The minimum atomic E-state index is -1.27. The summed E-state index contributed by atoms with van der Waals surface area (Å²) in [6.45, 7) is 2.70. The van der Waals surface area contributed by atoms with Crippen LogP contribution in [0.15, 0.2) is 70.0 Å². The number of carbonyl (C=O) groups is 1. The van der Waals surface area contributed by atoms with E-state index in [1.54, 1.807) is 48.4 Å². The number of carbonyl (C=O) groups excluding carboxylic acids is 1. The maximum atomic E-state index is 12.8. The van der Waals surface area contributed by atoms with Crippen LogP contribution in [0.3, 0.4) is 0 Å². The van der Waals surface area contributed by atoms with Crippen molar-refractivity contribution >= 4 is 34.0 Å². The van der Waals surface area contributed by atoms with Crippen molar-refractivity contribution in [1.82, 2.24) is 4.90 Å². The summed E-state index contributed by atoms with van der Waals surface area (Å²) < 4.78 is 23.4. The number of nitrogens with zero attached hydrogens (tertiary/aromatic N) is 2. The van der Waals surface area contributed by atoms with Crippen molar-refractivity contribution in [3.05, 3.63) is 77.2 Å². The molecule has 2 heterocycles. The average molecular weight is 459 g/mol. The number of hydrogen-bond acceptors (Lipinski definition) is 5. The van der Waals surface area contributed by atoms with Crippen LogP contribution >= 0.6 is 11.6 Å². The average Bonchev–Trinajstić information content (AvgIpc) is 3.27. The summed E-state index contributed by atoms with van der Waals surface area (Å²) >= 11 is 5.88. The Bertz CT molecular complexity index is 1060. The van der Waals surface area contributed by atoms with E-state index in [4.69, 9.17) is 20.8 Å². The van der Waals surface area contributed by atoms with Gasteiger partial charge < -0.3 is 19.0 Å². The van der Waals surface area contributed by atoms with Crippen molar-refractivity contribution in [2.75, 3.05) is 38.2 Å². The summed E-state index contributed by atoms with van der Waals surface area (Å²) in [7, 11) is 0.379. The van der Waals surface area contributed by atoms with Gasteiger partial charge >= 0.3 is 0 Å². The van der Waals surface area contributed by atoms with Gasteiger partial charge in [0, 0.05) is 41.8 Å². The molecule has 0 bridgehead atoms. The minimum absolute atomic E-state index is 0.141. The molecule has 0 aliphatic carbocycles. The number of piperazine rings is 1. The van der Waals surface area contributed by atoms with Gasteiger partial charge in [-0.2, -0.15) is 0 Å². The van der Waals surface area contributed by atoms with Crippen molar-refractivity contribution in [3.8, 4) is 5.75 Å². The van der Waals surface area contributed by atoms with E-state index in [2.05, 4.69) is 4.90 Å². The van der Waals surface area contributed by atoms with E-state index in [1.165, 1.54) is 0 Å². The van der Waals surface area contributed by atoms with Gasteiger partial charge in [-0.25, -0.2) is 0 Å². The summed E-state index contributed by atoms with van der Waals surface area (Å²) in [4.78, 5) is 17.5. The third-order valence-corrected chi connectivity index (χ3v) is 6.82. The molecule has 1 fully saturated rings. The highest BCUT2D eigenvalue weighted by molar-refractivity contribution is 7.84. The number of benzene rings is 2. The number of furan rings is 1. The first kappa shape index (κ1) is 21.5. The second-order valence-corrected chi connectivity index (χ2v) is 9.07. The fourth-order valence-corrected chi connectivity index (χ4v) is 4.63. The molecule has 1 saturated heterocycles. The van der Waals surface area contributed by atoms with Crippen LogP contribution in [0.1, 0.15) is 16.3 Å². The lowest BCUT2D eigenvalue weighted by Gasteiger charge is -2.35. The smallest absolute Gasteiger partial charge is 0.289 e. The molecule has 6 nitrogen and oxygen atoms in total. The lowest BCUT2D eigenvalue weighted by molar-refractivity contribution is 0.0713. The Kier molecular flexibility index (Phi) is 6.63. The second-order valence-electron chi connectivity index (χ2n) is 7.19. The summed E-state index contributed by atoms with van der Waals surface area (Å²) in [5.74, 6) is 1.69. The Morgan fingerprint density at radius 2 is 1.68 bits per heavy atom. The third kappa shape index (κ3) is 5.11. The van der Waals surface area contributed by atoms with Crippen molar-refractivity contribution in [2.45, 2.75) is 10.6 Å².